The molecular weight excluding hydrogens is 336 g/mol. The number of rotatable bonds is 5. The van der Waals surface area contributed by atoms with Crippen molar-refractivity contribution in [3.63, 3.8) is 0 Å². The highest BCUT2D eigenvalue weighted by atomic mass is 32.2. The first kappa shape index (κ1) is 17.9. The number of hydrogen-bond acceptors (Lipinski definition) is 4. The molecule has 6 heteroatoms. The van der Waals surface area contributed by atoms with Crippen molar-refractivity contribution in [2.75, 3.05) is 32.7 Å². The zero-order chi connectivity index (χ0) is 17.8. The number of furan rings is 1. The van der Waals surface area contributed by atoms with Gasteiger partial charge in [0.15, 0.2) is 5.76 Å². The lowest BCUT2D eigenvalue weighted by molar-refractivity contribution is 0.0611. The van der Waals surface area contributed by atoms with Crippen molar-refractivity contribution in [2.24, 2.45) is 0 Å². The standard InChI is InChI=1S/C19H24N2O3S/c1-3-20-10-12-21(13-11-20)19(22)18-9-6-16(24-18)14-25(23)17-7-4-15(2)5-8-17/h4-9H,3,10-14H2,1-2H3/t25-/m0/s1. The minimum atomic E-state index is -1.18. The summed E-state index contributed by atoms with van der Waals surface area (Å²) in [5, 5.41) is 0. The molecule has 3 rings (SSSR count). The molecule has 1 saturated heterocycles. The zero-order valence-corrected chi connectivity index (χ0v) is 15.6. The average molecular weight is 360 g/mol. The van der Waals surface area contributed by atoms with Gasteiger partial charge < -0.3 is 14.2 Å². The normalized spacial score (nSPS) is 16.8. The maximum atomic E-state index is 12.5. The Hall–Kier alpha value is -1.92. The summed E-state index contributed by atoms with van der Waals surface area (Å²) in [5.41, 5.74) is 1.13. The van der Waals surface area contributed by atoms with Crippen LogP contribution in [0, 0.1) is 6.92 Å². The fourth-order valence-corrected chi connectivity index (χ4v) is 3.92. The van der Waals surface area contributed by atoms with Gasteiger partial charge in [-0.2, -0.15) is 0 Å². The van der Waals surface area contributed by atoms with Crippen LogP contribution in [0.15, 0.2) is 45.7 Å². The number of benzene rings is 1. The molecule has 1 fully saturated rings. The van der Waals surface area contributed by atoms with E-state index in [1.807, 2.05) is 36.1 Å². The maximum absolute atomic E-state index is 12.5. The van der Waals surface area contributed by atoms with Crippen LogP contribution in [0.3, 0.4) is 0 Å². The molecule has 1 aromatic heterocycles. The zero-order valence-electron chi connectivity index (χ0n) is 14.7. The number of aryl methyl sites for hydroxylation is 1. The second-order valence-corrected chi connectivity index (χ2v) is 7.75. The highest BCUT2D eigenvalue weighted by Gasteiger charge is 2.23. The molecule has 134 valence electrons. The Morgan fingerprint density at radius 1 is 1.08 bits per heavy atom. The van der Waals surface area contributed by atoms with Crippen LogP contribution in [-0.4, -0.2) is 52.6 Å². The van der Waals surface area contributed by atoms with Gasteiger partial charge in [0.1, 0.15) is 5.76 Å². The van der Waals surface area contributed by atoms with E-state index in [1.165, 1.54) is 0 Å². The van der Waals surface area contributed by atoms with E-state index in [9.17, 15) is 9.00 Å². The number of amides is 1. The van der Waals surface area contributed by atoms with E-state index in [2.05, 4.69) is 11.8 Å². The second kappa shape index (κ2) is 7.97. The van der Waals surface area contributed by atoms with Gasteiger partial charge in [0.25, 0.3) is 5.91 Å². The Bertz CT molecular complexity index is 746. The first-order chi connectivity index (χ1) is 12.1. The number of nitrogens with zero attached hydrogens (tertiary/aromatic N) is 2. The summed E-state index contributed by atoms with van der Waals surface area (Å²) in [7, 11) is -1.18. The fourth-order valence-electron chi connectivity index (χ4n) is 2.90. The molecule has 0 aliphatic carbocycles. The van der Waals surface area contributed by atoms with Crippen LogP contribution in [0.4, 0.5) is 0 Å². The van der Waals surface area contributed by atoms with Crippen molar-refractivity contribution >= 4 is 16.7 Å². The summed E-state index contributed by atoms with van der Waals surface area (Å²) in [6.45, 7) is 8.37. The van der Waals surface area contributed by atoms with Crippen molar-refractivity contribution in [1.29, 1.82) is 0 Å². The minimum absolute atomic E-state index is 0.0804. The first-order valence-electron chi connectivity index (χ1n) is 8.62. The quantitative estimate of drug-likeness (QED) is 0.823. The first-order valence-corrected chi connectivity index (χ1v) is 9.94. The van der Waals surface area contributed by atoms with Crippen molar-refractivity contribution < 1.29 is 13.4 Å². The summed E-state index contributed by atoms with van der Waals surface area (Å²) in [6, 6.07) is 11.1. The fraction of sp³-hybridized carbons (Fsp3) is 0.421. The lowest BCUT2D eigenvalue weighted by Crippen LogP contribution is -2.48. The Balaban J connectivity index is 1.61. The van der Waals surface area contributed by atoms with Crippen LogP contribution in [0.5, 0.6) is 0 Å². The van der Waals surface area contributed by atoms with E-state index in [4.69, 9.17) is 4.42 Å². The Morgan fingerprint density at radius 3 is 2.40 bits per heavy atom. The van der Waals surface area contributed by atoms with E-state index in [-0.39, 0.29) is 11.7 Å². The lowest BCUT2D eigenvalue weighted by atomic mass is 10.2. The van der Waals surface area contributed by atoms with Crippen molar-refractivity contribution in [2.45, 2.75) is 24.5 Å². The monoisotopic (exact) mass is 360 g/mol. The molecule has 0 spiro atoms. The molecule has 1 aliphatic heterocycles. The number of hydrogen-bond donors (Lipinski definition) is 0. The number of carbonyl (C=O) groups excluding carboxylic acids is 1. The van der Waals surface area contributed by atoms with Gasteiger partial charge in [0.05, 0.1) is 16.6 Å². The summed E-state index contributed by atoms with van der Waals surface area (Å²) in [6.07, 6.45) is 0. The molecule has 0 N–H and O–H groups in total. The minimum Gasteiger partial charge on any atom is -0.455 e. The van der Waals surface area contributed by atoms with Crippen LogP contribution in [0.1, 0.15) is 28.8 Å². The van der Waals surface area contributed by atoms with Crippen LogP contribution >= 0.6 is 0 Å². The number of carbonyl (C=O) groups is 1. The predicted molar refractivity (Wildman–Crippen MR) is 98.0 cm³/mol. The van der Waals surface area contributed by atoms with Gasteiger partial charge in [0.2, 0.25) is 0 Å². The molecule has 1 aliphatic rings. The van der Waals surface area contributed by atoms with E-state index in [1.54, 1.807) is 12.1 Å². The molecule has 0 unspecified atom stereocenters. The molecule has 1 aromatic carbocycles. The third-order valence-corrected chi connectivity index (χ3v) is 5.88. The van der Waals surface area contributed by atoms with E-state index in [0.29, 0.717) is 11.5 Å². The second-order valence-electron chi connectivity index (χ2n) is 6.30. The van der Waals surface area contributed by atoms with Crippen LogP contribution in [0.25, 0.3) is 0 Å². The summed E-state index contributed by atoms with van der Waals surface area (Å²) < 4.78 is 18.1. The third kappa shape index (κ3) is 4.38. The van der Waals surface area contributed by atoms with Gasteiger partial charge in [0, 0.05) is 31.1 Å². The van der Waals surface area contributed by atoms with Crippen LogP contribution in [-0.2, 0) is 16.6 Å². The van der Waals surface area contributed by atoms with Gasteiger partial charge in [-0.15, -0.1) is 0 Å². The third-order valence-electron chi connectivity index (χ3n) is 4.54. The maximum Gasteiger partial charge on any atom is 0.289 e. The van der Waals surface area contributed by atoms with Crippen molar-refractivity contribution in [3.05, 3.63) is 53.5 Å². The Labute approximate surface area is 151 Å². The highest BCUT2D eigenvalue weighted by molar-refractivity contribution is 7.84. The molecule has 0 radical (unpaired) electrons. The topological polar surface area (TPSA) is 53.8 Å². The lowest BCUT2D eigenvalue weighted by Gasteiger charge is -2.33. The molecule has 5 nitrogen and oxygen atoms in total. The van der Waals surface area contributed by atoms with Crippen LogP contribution in [0.2, 0.25) is 0 Å². The van der Waals surface area contributed by atoms with E-state index in [0.717, 1.165) is 43.2 Å². The van der Waals surface area contributed by atoms with Gasteiger partial charge in [-0.05, 0) is 37.7 Å². The number of piperazine rings is 1. The predicted octanol–water partition coefficient (Wildman–Crippen LogP) is 2.67. The molecule has 1 atom stereocenters. The van der Waals surface area contributed by atoms with Gasteiger partial charge in [-0.25, -0.2) is 0 Å². The van der Waals surface area contributed by atoms with Crippen molar-refractivity contribution in [3.8, 4) is 0 Å². The average Bonchev–Trinajstić information content (AvgIpc) is 3.10. The van der Waals surface area contributed by atoms with Gasteiger partial charge in [-0.1, -0.05) is 24.6 Å². The largest absolute Gasteiger partial charge is 0.455 e. The molecule has 2 aromatic rings. The molecule has 25 heavy (non-hydrogen) atoms. The highest BCUT2D eigenvalue weighted by Crippen LogP contribution is 2.17. The van der Waals surface area contributed by atoms with E-state index < -0.39 is 10.8 Å². The molecule has 1 amide bonds. The Morgan fingerprint density at radius 2 is 1.76 bits per heavy atom. The molecular formula is C19H24N2O3S. The molecule has 0 saturated carbocycles. The molecule has 2 heterocycles. The Kier molecular flexibility index (Phi) is 5.71. The smallest absolute Gasteiger partial charge is 0.289 e. The van der Waals surface area contributed by atoms with Gasteiger partial charge in [-0.3, -0.25) is 9.00 Å². The summed E-state index contributed by atoms with van der Waals surface area (Å²) >= 11 is 0. The SMILES string of the molecule is CCN1CCN(C(=O)c2ccc(C[S@](=O)c3ccc(C)cc3)o2)CC1. The van der Waals surface area contributed by atoms with Gasteiger partial charge >= 0.3 is 0 Å². The summed E-state index contributed by atoms with van der Waals surface area (Å²) in [5.74, 6) is 1.11. The van der Waals surface area contributed by atoms with Crippen molar-refractivity contribution in [1.82, 2.24) is 9.80 Å². The molecule has 0 bridgehead atoms. The summed E-state index contributed by atoms with van der Waals surface area (Å²) in [4.78, 5) is 17.5. The number of likely N-dealkylation sites (N-methyl/N-ethyl adjacent to an activating group) is 1. The van der Waals surface area contributed by atoms with Crippen LogP contribution < -0.4 is 0 Å². The van der Waals surface area contributed by atoms with E-state index >= 15 is 0 Å².